The molecule has 0 saturated heterocycles. The van der Waals surface area contributed by atoms with Crippen molar-refractivity contribution in [2.75, 3.05) is 20.8 Å². The van der Waals surface area contributed by atoms with E-state index in [0.29, 0.717) is 23.7 Å². The van der Waals surface area contributed by atoms with Crippen molar-refractivity contribution in [1.29, 1.82) is 0 Å². The molecule has 31 heavy (non-hydrogen) atoms. The van der Waals surface area contributed by atoms with Crippen LogP contribution in [0.15, 0.2) is 18.2 Å². The molecule has 0 bridgehead atoms. The minimum Gasteiger partial charge on any atom is -0.493 e. The first-order valence-electron chi connectivity index (χ1n) is 12.6. The predicted octanol–water partition coefficient (Wildman–Crippen LogP) is 8.12. The summed E-state index contributed by atoms with van der Waals surface area (Å²) in [4.78, 5) is 11.6. The van der Waals surface area contributed by atoms with Crippen LogP contribution >= 0.6 is 0 Å². The van der Waals surface area contributed by atoms with Crippen molar-refractivity contribution >= 4 is 5.97 Å². The molecule has 0 aromatic heterocycles. The molecule has 0 aliphatic rings. The second kappa shape index (κ2) is 19.0. The first-order valence-corrected chi connectivity index (χ1v) is 12.6. The Kier molecular flexibility index (Phi) is 16.8. The summed E-state index contributed by atoms with van der Waals surface area (Å²) >= 11 is 0. The van der Waals surface area contributed by atoms with Crippen molar-refractivity contribution in [3.8, 4) is 11.5 Å². The van der Waals surface area contributed by atoms with Crippen molar-refractivity contribution < 1.29 is 19.0 Å². The smallest absolute Gasteiger partial charge is 0.337 e. The summed E-state index contributed by atoms with van der Waals surface area (Å²) in [6.45, 7) is 2.95. The van der Waals surface area contributed by atoms with Crippen LogP contribution in [0.3, 0.4) is 0 Å². The van der Waals surface area contributed by atoms with Crippen molar-refractivity contribution in [2.45, 2.75) is 110 Å². The second-order valence-corrected chi connectivity index (χ2v) is 8.51. The Balaban J connectivity index is 1.94. The third-order valence-electron chi connectivity index (χ3n) is 5.84. The number of hydrogen-bond donors (Lipinski definition) is 0. The number of esters is 1. The Hall–Kier alpha value is -1.71. The van der Waals surface area contributed by atoms with Crippen LogP contribution in [-0.2, 0) is 4.74 Å². The number of unbranched alkanes of at least 4 members (excludes halogenated alkanes) is 15. The molecule has 0 saturated carbocycles. The maximum Gasteiger partial charge on any atom is 0.337 e. The van der Waals surface area contributed by atoms with Crippen molar-refractivity contribution in [2.24, 2.45) is 0 Å². The summed E-state index contributed by atoms with van der Waals surface area (Å²) in [5.74, 6) is 0.873. The van der Waals surface area contributed by atoms with E-state index in [1.165, 1.54) is 103 Å². The molecule has 0 spiro atoms. The standard InChI is InChI=1S/C27H46O4/c1-4-5-6-7-8-9-10-11-12-13-14-15-16-17-18-19-22-31-25-21-20-24(27(28)30-3)23-26(25)29-2/h20-21,23H,4-19,22H2,1-3H3. The summed E-state index contributed by atoms with van der Waals surface area (Å²) < 4.78 is 15.9. The van der Waals surface area contributed by atoms with E-state index in [-0.39, 0.29) is 5.97 Å². The third kappa shape index (κ3) is 13.3. The van der Waals surface area contributed by atoms with E-state index in [9.17, 15) is 4.79 Å². The average Bonchev–Trinajstić information content (AvgIpc) is 2.80. The van der Waals surface area contributed by atoms with Gasteiger partial charge in [-0.05, 0) is 24.6 Å². The van der Waals surface area contributed by atoms with Crippen LogP contribution in [0.2, 0.25) is 0 Å². The Labute approximate surface area is 191 Å². The van der Waals surface area contributed by atoms with Crippen LogP contribution in [0.1, 0.15) is 120 Å². The molecule has 0 unspecified atom stereocenters. The molecule has 0 fully saturated rings. The molecule has 0 aliphatic carbocycles. The minimum absolute atomic E-state index is 0.373. The lowest BCUT2D eigenvalue weighted by Crippen LogP contribution is -2.04. The molecule has 0 amide bonds. The summed E-state index contributed by atoms with van der Waals surface area (Å²) in [6.07, 6.45) is 21.8. The van der Waals surface area contributed by atoms with E-state index in [0.717, 1.165) is 6.42 Å². The first-order chi connectivity index (χ1) is 15.2. The van der Waals surface area contributed by atoms with E-state index < -0.39 is 0 Å². The Morgan fingerprint density at radius 1 is 0.677 bits per heavy atom. The van der Waals surface area contributed by atoms with Gasteiger partial charge in [-0.1, -0.05) is 103 Å². The largest absolute Gasteiger partial charge is 0.493 e. The van der Waals surface area contributed by atoms with Crippen LogP contribution in [0.4, 0.5) is 0 Å². The van der Waals surface area contributed by atoms with Gasteiger partial charge in [-0.2, -0.15) is 0 Å². The fourth-order valence-corrected chi connectivity index (χ4v) is 3.86. The fraction of sp³-hybridized carbons (Fsp3) is 0.741. The first kappa shape index (κ1) is 27.3. The molecular weight excluding hydrogens is 388 g/mol. The lowest BCUT2D eigenvalue weighted by molar-refractivity contribution is 0.0600. The van der Waals surface area contributed by atoms with E-state index in [1.54, 1.807) is 25.3 Å². The zero-order valence-corrected chi connectivity index (χ0v) is 20.4. The van der Waals surface area contributed by atoms with Gasteiger partial charge in [0, 0.05) is 0 Å². The van der Waals surface area contributed by atoms with Crippen LogP contribution in [-0.4, -0.2) is 26.8 Å². The van der Waals surface area contributed by atoms with Gasteiger partial charge < -0.3 is 14.2 Å². The molecule has 1 aromatic rings. The summed E-state index contributed by atoms with van der Waals surface area (Å²) in [5, 5.41) is 0. The van der Waals surface area contributed by atoms with Crippen LogP contribution in [0, 0.1) is 0 Å². The number of hydrogen-bond acceptors (Lipinski definition) is 4. The minimum atomic E-state index is -0.373. The highest BCUT2D eigenvalue weighted by Crippen LogP contribution is 2.28. The van der Waals surface area contributed by atoms with Gasteiger partial charge >= 0.3 is 5.97 Å². The van der Waals surface area contributed by atoms with Gasteiger partial charge in [0.15, 0.2) is 11.5 Å². The lowest BCUT2D eigenvalue weighted by Gasteiger charge is -2.11. The number of benzene rings is 1. The van der Waals surface area contributed by atoms with E-state index >= 15 is 0 Å². The Morgan fingerprint density at radius 2 is 1.16 bits per heavy atom. The zero-order valence-electron chi connectivity index (χ0n) is 20.4. The molecular formula is C27H46O4. The van der Waals surface area contributed by atoms with E-state index in [2.05, 4.69) is 6.92 Å². The molecule has 178 valence electrons. The molecule has 1 aromatic carbocycles. The molecule has 0 aliphatic heterocycles. The highest BCUT2D eigenvalue weighted by molar-refractivity contribution is 5.90. The Bertz CT molecular complexity index is 570. The van der Waals surface area contributed by atoms with Gasteiger partial charge in [0.1, 0.15) is 0 Å². The van der Waals surface area contributed by atoms with Gasteiger partial charge in [0.05, 0.1) is 26.4 Å². The summed E-state index contributed by atoms with van der Waals surface area (Å²) in [6, 6.07) is 5.14. The molecule has 4 nitrogen and oxygen atoms in total. The number of carbonyl (C=O) groups is 1. The van der Waals surface area contributed by atoms with E-state index in [1.807, 2.05) is 0 Å². The molecule has 0 radical (unpaired) electrons. The van der Waals surface area contributed by atoms with Crippen molar-refractivity contribution in [3.05, 3.63) is 23.8 Å². The van der Waals surface area contributed by atoms with Crippen molar-refractivity contribution in [1.82, 2.24) is 0 Å². The van der Waals surface area contributed by atoms with Gasteiger partial charge in [-0.25, -0.2) is 4.79 Å². The third-order valence-corrected chi connectivity index (χ3v) is 5.84. The predicted molar refractivity (Wildman–Crippen MR) is 129 cm³/mol. The van der Waals surface area contributed by atoms with Crippen molar-refractivity contribution in [3.63, 3.8) is 0 Å². The lowest BCUT2D eigenvalue weighted by atomic mass is 10.0. The van der Waals surface area contributed by atoms with Gasteiger partial charge in [0.25, 0.3) is 0 Å². The average molecular weight is 435 g/mol. The Morgan fingerprint density at radius 3 is 1.61 bits per heavy atom. The molecule has 0 atom stereocenters. The maximum absolute atomic E-state index is 11.6. The normalized spacial score (nSPS) is 10.8. The topological polar surface area (TPSA) is 44.8 Å². The zero-order chi connectivity index (χ0) is 22.6. The molecule has 0 heterocycles. The molecule has 0 N–H and O–H groups in total. The van der Waals surface area contributed by atoms with Crippen LogP contribution in [0.5, 0.6) is 11.5 Å². The SMILES string of the molecule is CCCCCCCCCCCCCCCCCCOc1ccc(C(=O)OC)cc1OC. The van der Waals surface area contributed by atoms with Crippen LogP contribution in [0.25, 0.3) is 0 Å². The van der Waals surface area contributed by atoms with Gasteiger partial charge in [0.2, 0.25) is 0 Å². The second-order valence-electron chi connectivity index (χ2n) is 8.51. The monoisotopic (exact) mass is 434 g/mol. The molecule has 4 heteroatoms. The maximum atomic E-state index is 11.6. The summed E-state index contributed by atoms with van der Waals surface area (Å²) in [5.41, 5.74) is 0.467. The number of methoxy groups -OCH3 is 2. The van der Waals surface area contributed by atoms with Gasteiger partial charge in [-0.15, -0.1) is 0 Å². The fourth-order valence-electron chi connectivity index (χ4n) is 3.86. The number of ether oxygens (including phenoxy) is 3. The highest BCUT2D eigenvalue weighted by Gasteiger charge is 2.11. The quantitative estimate of drug-likeness (QED) is 0.153. The highest BCUT2D eigenvalue weighted by atomic mass is 16.5. The number of rotatable bonds is 20. The van der Waals surface area contributed by atoms with E-state index in [4.69, 9.17) is 14.2 Å². The molecule has 1 rings (SSSR count). The van der Waals surface area contributed by atoms with Gasteiger partial charge in [-0.3, -0.25) is 0 Å². The summed E-state index contributed by atoms with van der Waals surface area (Å²) in [7, 11) is 2.95. The number of carbonyl (C=O) groups excluding carboxylic acids is 1. The van der Waals surface area contributed by atoms with Crippen LogP contribution < -0.4 is 9.47 Å².